The number of hydrogen-bond donors (Lipinski definition) is 3. The minimum atomic E-state index is -0.149. The lowest BCUT2D eigenvalue weighted by Gasteiger charge is -2.26. The highest BCUT2D eigenvalue weighted by atomic mass is 32.1. The standard InChI is InChI=1S/C27H27N3O3S3/c31-25(19-1-7-22(34)8-2-19)28-13-15-29(26(32)20-3-9-23(35)10-4-20)17-18-30(16-14-28)27(33)21-5-11-24(36)12-6-21/h1-12,34-36H,13-18H2. The van der Waals surface area contributed by atoms with E-state index < -0.39 is 0 Å². The molecule has 1 saturated heterocycles. The Morgan fingerprint density at radius 2 is 0.611 bits per heavy atom. The highest BCUT2D eigenvalue weighted by Gasteiger charge is 2.26. The van der Waals surface area contributed by atoms with E-state index in [1.54, 1.807) is 87.5 Å². The zero-order valence-corrected chi connectivity index (χ0v) is 22.3. The van der Waals surface area contributed by atoms with Gasteiger partial charge in [-0.15, -0.1) is 37.9 Å². The number of hydrogen-bond acceptors (Lipinski definition) is 6. The highest BCUT2D eigenvalue weighted by Crippen LogP contribution is 2.16. The maximum absolute atomic E-state index is 13.3. The summed E-state index contributed by atoms with van der Waals surface area (Å²) >= 11 is 12.9. The van der Waals surface area contributed by atoms with Crippen molar-refractivity contribution in [3.63, 3.8) is 0 Å². The lowest BCUT2D eigenvalue weighted by Crippen LogP contribution is -2.41. The molecule has 1 aliphatic rings. The van der Waals surface area contributed by atoms with Crippen LogP contribution in [0.4, 0.5) is 0 Å². The normalized spacial score (nSPS) is 14.6. The molecule has 0 bridgehead atoms. The van der Waals surface area contributed by atoms with E-state index in [2.05, 4.69) is 37.9 Å². The molecule has 1 heterocycles. The molecule has 0 spiro atoms. The summed E-state index contributed by atoms with van der Waals surface area (Å²) < 4.78 is 0. The van der Waals surface area contributed by atoms with E-state index in [1.807, 2.05) is 0 Å². The van der Waals surface area contributed by atoms with Crippen molar-refractivity contribution in [2.24, 2.45) is 0 Å². The van der Waals surface area contributed by atoms with Crippen LogP contribution in [-0.4, -0.2) is 71.7 Å². The number of thiol groups is 3. The molecule has 36 heavy (non-hydrogen) atoms. The van der Waals surface area contributed by atoms with Gasteiger partial charge in [0.15, 0.2) is 0 Å². The summed E-state index contributed by atoms with van der Waals surface area (Å²) in [5.41, 5.74) is 1.62. The summed E-state index contributed by atoms with van der Waals surface area (Å²) in [7, 11) is 0. The van der Waals surface area contributed by atoms with Crippen LogP contribution < -0.4 is 0 Å². The van der Waals surface area contributed by atoms with E-state index in [0.29, 0.717) is 56.0 Å². The van der Waals surface area contributed by atoms with Crippen molar-refractivity contribution in [1.29, 1.82) is 0 Å². The van der Waals surface area contributed by atoms with Crippen molar-refractivity contribution in [2.75, 3.05) is 39.3 Å². The van der Waals surface area contributed by atoms with Crippen LogP contribution in [0.1, 0.15) is 31.1 Å². The Hall–Kier alpha value is -2.88. The van der Waals surface area contributed by atoms with Crippen molar-refractivity contribution < 1.29 is 14.4 Å². The molecule has 1 aliphatic heterocycles. The van der Waals surface area contributed by atoms with Crippen molar-refractivity contribution in [2.45, 2.75) is 14.7 Å². The Morgan fingerprint density at radius 3 is 0.806 bits per heavy atom. The number of nitrogens with zero attached hydrogens (tertiary/aromatic N) is 3. The topological polar surface area (TPSA) is 60.9 Å². The van der Waals surface area contributed by atoms with Gasteiger partial charge in [0.25, 0.3) is 17.7 Å². The lowest BCUT2D eigenvalue weighted by atomic mass is 10.2. The van der Waals surface area contributed by atoms with Gasteiger partial charge in [-0.3, -0.25) is 14.4 Å². The van der Waals surface area contributed by atoms with Crippen molar-refractivity contribution in [1.82, 2.24) is 14.7 Å². The van der Waals surface area contributed by atoms with E-state index >= 15 is 0 Å². The molecule has 0 aromatic heterocycles. The summed E-state index contributed by atoms with van der Waals surface area (Å²) in [5.74, 6) is -0.448. The van der Waals surface area contributed by atoms with Gasteiger partial charge in [0.05, 0.1) is 0 Å². The molecular formula is C27H27N3O3S3. The molecule has 0 atom stereocenters. The fraction of sp³-hybridized carbons (Fsp3) is 0.222. The Balaban J connectivity index is 1.59. The molecule has 3 amide bonds. The Bertz CT molecular complexity index is 1060. The van der Waals surface area contributed by atoms with Gasteiger partial charge in [0, 0.05) is 70.6 Å². The van der Waals surface area contributed by atoms with Crippen molar-refractivity contribution in [3.8, 4) is 0 Å². The molecule has 3 aromatic rings. The first-order valence-corrected chi connectivity index (χ1v) is 12.9. The minimum absolute atomic E-state index is 0.149. The van der Waals surface area contributed by atoms with Gasteiger partial charge < -0.3 is 14.7 Å². The number of carbonyl (C=O) groups excluding carboxylic acids is 3. The zero-order valence-electron chi connectivity index (χ0n) is 19.6. The fourth-order valence-corrected chi connectivity index (χ4v) is 4.48. The zero-order chi connectivity index (χ0) is 25.7. The monoisotopic (exact) mass is 537 g/mol. The summed E-state index contributed by atoms with van der Waals surface area (Å²) in [6, 6.07) is 21.1. The van der Waals surface area contributed by atoms with E-state index in [1.165, 1.54) is 0 Å². The fourth-order valence-electron chi connectivity index (χ4n) is 4.03. The average Bonchev–Trinajstić information content (AvgIpc) is 2.99. The first kappa shape index (κ1) is 26.2. The van der Waals surface area contributed by atoms with Gasteiger partial charge in [-0.25, -0.2) is 0 Å². The van der Waals surface area contributed by atoms with Crippen LogP contribution in [0.2, 0.25) is 0 Å². The minimum Gasteiger partial charge on any atom is -0.335 e. The molecule has 0 aliphatic carbocycles. The molecule has 0 radical (unpaired) electrons. The predicted molar refractivity (Wildman–Crippen MR) is 149 cm³/mol. The Kier molecular flexibility index (Phi) is 8.66. The second kappa shape index (κ2) is 11.9. The van der Waals surface area contributed by atoms with Crippen LogP contribution in [0.5, 0.6) is 0 Å². The molecule has 4 rings (SSSR count). The van der Waals surface area contributed by atoms with Crippen LogP contribution in [0, 0.1) is 0 Å². The molecule has 6 nitrogen and oxygen atoms in total. The summed E-state index contributed by atoms with van der Waals surface area (Å²) in [4.78, 5) is 47.4. The van der Waals surface area contributed by atoms with Crippen LogP contribution in [-0.2, 0) is 0 Å². The van der Waals surface area contributed by atoms with Crippen LogP contribution in [0.25, 0.3) is 0 Å². The SMILES string of the molecule is O=C(c1ccc(S)cc1)N1CCN(C(=O)c2ccc(S)cc2)CCN(C(=O)c2ccc(S)cc2)CC1. The molecule has 0 N–H and O–H groups in total. The molecular weight excluding hydrogens is 511 g/mol. The molecule has 0 unspecified atom stereocenters. The second-order valence-electron chi connectivity index (χ2n) is 8.52. The Morgan fingerprint density at radius 1 is 0.417 bits per heavy atom. The third-order valence-corrected chi connectivity index (χ3v) is 7.02. The van der Waals surface area contributed by atoms with Crippen LogP contribution in [0.15, 0.2) is 87.5 Å². The number of amides is 3. The van der Waals surface area contributed by atoms with Gasteiger partial charge >= 0.3 is 0 Å². The summed E-state index contributed by atoms with van der Waals surface area (Å²) in [5, 5.41) is 0. The van der Waals surface area contributed by atoms with Crippen molar-refractivity contribution >= 4 is 55.6 Å². The summed E-state index contributed by atoms with van der Waals surface area (Å²) in [6.45, 7) is 2.13. The van der Waals surface area contributed by atoms with Gasteiger partial charge in [-0.1, -0.05) is 0 Å². The van der Waals surface area contributed by atoms with Crippen LogP contribution >= 0.6 is 37.9 Å². The number of benzene rings is 3. The van der Waals surface area contributed by atoms with E-state index in [-0.39, 0.29) is 17.7 Å². The molecule has 9 heteroatoms. The van der Waals surface area contributed by atoms with E-state index in [9.17, 15) is 14.4 Å². The van der Waals surface area contributed by atoms with Gasteiger partial charge in [-0.05, 0) is 72.8 Å². The number of carbonyl (C=O) groups is 3. The highest BCUT2D eigenvalue weighted by molar-refractivity contribution is 7.80. The van der Waals surface area contributed by atoms with Crippen LogP contribution in [0.3, 0.4) is 0 Å². The van der Waals surface area contributed by atoms with Gasteiger partial charge in [0.2, 0.25) is 0 Å². The van der Waals surface area contributed by atoms with Gasteiger partial charge in [-0.2, -0.15) is 0 Å². The second-order valence-corrected chi connectivity index (χ2v) is 10.1. The first-order valence-electron chi connectivity index (χ1n) is 11.6. The summed E-state index contributed by atoms with van der Waals surface area (Å²) in [6.07, 6.45) is 0. The molecule has 186 valence electrons. The smallest absolute Gasteiger partial charge is 0.253 e. The average molecular weight is 538 g/mol. The third-order valence-electron chi connectivity index (χ3n) is 6.12. The molecule has 0 saturated carbocycles. The maximum Gasteiger partial charge on any atom is 0.253 e. The Labute approximate surface area is 227 Å². The lowest BCUT2D eigenvalue weighted by molar-refractivity contribution is 0.0679. The van der Waals surface area contributed by atoms with Gasteiger partial charge in [0.1, 0.15) is 0 Å². The quantitative estimate of drug-likeness (QED) is 0.437. The largest absolute Gasteiger partial charge is 0.335 e. The van der Waals surface area contributed by atoms with E-state index in [4.69, 9.17) is 0 Å². The molecule has 3 aromatic carbocycles. The predicted octanol–water partition coefficient (Wildman–Crippen LogP) is 4.29. The maximum atomic E-state index is 13.3. The first-order chi connectivity index (χ1) is 17.3. The number of rotatable bonds is 3. The van der Waals surface area contributed by atoms with Crippen molar-refractivity contribution in [3.05, 3.63) is 89.5 Å². The molecule has 1 fully saturated rings. The van der Waals surface area contributed by atoms with E-state index in [0.717, 1.165) is 14.7 Å². The third kappa shape index (κ3) is 6.46.